The maximum atomic E-state index is 13.3. The summed E-state index contributed by atoms with van der Waals surface area (Å²) in [5.74, 6) is -0.896. The van der Waals surface area contributed by atoms with Crippen molar-refractivity contribution >= 4 is 5.97 Å². The molecular formula is C14H18FNO3. The highest BCUT2D eigenvalue weighted by Gasteiger charge is 2.40. The number of hydrogen-bond acceptors (Lipinski definition) is 3. The predicted octanol–water partition coefficient (Wildman–Crippen LogP) is 2.00. The fourth-order valence-electron chi connectivity index (χ4n) is 2.27. The van der Waals surface area contributed by atoms with Crippen LogP contribution < -0.4 is 4.74 Å². The Morgan fingerprint density at radius 1 is 1.53 bits per heavy atom. The number of carboxylic acids is 1. The van der Waals surface area contributed by atoms with Gasteiger partial charge in [-0.3, -0.25) is 9.69 Å². The number of likely N-dealkylation sites (tertiary alicyclic amines) is 1. The minimum absolute atomic E-state index is 0.239. The Morgan fingerprint density at radius 2 is 2.26 bits per heavy atom. The molecule has 0 spiro atoms. The average Bonchev–Trinajstić information content (AvgIpc) is 2.75. The smallest absolute Gasteiger partial charge is 0.310 e. The van der Waals surface area contributed by atoms with E-state index in [1.807, 2.05) is 4.90 Å². The molecule has 1 atom stereocenters. The second-order valence-corrected chi connectivity index (χ2v) is 5.17. The number of nitrogens with zero attached hydrogens (tertiary/aromatic N) is 1. The standard InChI is InChI=1S/C14H18FNO3/c1-14(13(17)18)6-7-16(10-14)8-9-19-12-5-3-2-4-11(12)15/h2-5H,6-10H2,1H3,(H,17,18). The summed E-state index contributed by atoms with van der Waals surface area (Å²) >= 11 is 0. The zero-order valence-electron chi connectivity index (χ0n) is 10.9. The molecule has 0 radical (unpaired) electrons. The monoisotopic (exact) mass is 267 g/mol. The van der Waals surface area contributed by atoms with Crippen LogP contribution in [0, 0.1) is 11.2 Å². The molecule has 104 valence electrons. The van der Waals surface area contributed by atoms with Crippen LogP contribution in [0.1, 0.15) is 13.3 Å². The molecule has 0 bridgehead atoms. The van der Waals surface area contributed by atoms with Crippen molar-refractivity contribution in [2.75, 3.05) is 26.2 Å². The Hall–Kier alpha value is -1.62. The van der Waals surface area contributed by atoms with Gasteiger partial charge in [0.25, 0.3) is 0 Å². The number of rotatable bonds is 5. The molecule has 1 aliphatic rings. The topological polar surface area (TPSA) is 49.8 Å². The number of carboxylic acid groups (broad SMARTS) is 1. The molecule has 19 heavy (non-hydrogen) atoms. The number of carbonyl (C=O) groups is 1. The SMILES string of the molecule is CC1(C(=O)O)CCN(CCOc2ccccc2F)C1. The molecule has 0 saturated carbocycles. The Labute approximate surface area is 111 Å². The van der Waals surface area contributed by atoms with Crippen LogP contribution in [0.15, 0.2) is 24.3 Å². The number of para-hydroxylation sites is 1. The van der Waals surface area contributed by atoms with E-state index in [1.165, 1.54) is 6.07 Å². The molecule has 1 heterocycles. The lowest BCUT2D eigenvalue weighted by molar-refractivity contribution is -0.147. The van der Waals surface area contributed by atoms with Crippen molar-refractivity contribution in [2.24, 2.45) is 5.41 Å². The van der Waals surface area contributed by atoms with E-state index < -0.39 is 11.4 Å². The van der Waals surface area contributed by atoms with Crippen LogP contribution in [-0.4, -0.2) is 42.2 Å². The molecule has 0 aromatic heterocycles. The Kier molecular flexibility index (Phi) is 4.04. The van der Waals surface area contributed by atoms with E-state index in [-0.39, 0.29) is 11.6 Å². The van der Waals surface area contributed by atoms with Crippen LogP contribution in [-0.2, 0) is 4.79 Å². The molecule has 0 amide bonds. The number of halogens is 1. The summed E-state index contributed by atoms with van der Waals surface area (Å²) in [6.45, 7) is 3.98. The fraction of sp³-hybridized carbons (Fsp3) is 0.500. The lowest BCUT2D eigenvalue weighted by Gasteiger charge is -2.20. The van der Waals surface area contributed by atoms with Gasteiger partial charge in [-0.1, -0.05) is 12.1 Å². The van der Waals surface area contributed by atoms with Gasteiger partial charge < -0.3 is 9.84 Å². The van der Waals surface area contributed by atoms with Crippen LogP contribution in [0.4, 0.5) is 4.39 Å². The van der Waals surface area contributed by atoms with Crippen LogP contribution in [0.5, 0.6) is 5.75 Å². The highest BCUT2D eigenvalue weighted by molar-refractivity contribution is 5.74. The summed E-state index contributed by atoms with van der Waals surface area (Å²) in [5, 5.41) is 9.12. The fourth-order valence-corrected chi connectivity index (χ4v) is 2.27. The Bertz CT molecular complexity index is 466. The van der Waals surface area contributed by atoms with Gasteiger partial charge in [0.15, 0.2) is 11.6 Å². The summed E-state index contributed by atoms with van der Waals surface area (Å²) in [6.07, 6.45) is 0.641. The van der Waals surface area contributed by atoms with E-state index in [4.69, 9.17) is 9.84 Å². The van der Waals surface area contributed by atoms with Crippen molar-refractivity contribution in [2.45, 2.75) is 13.3 Å². The number of hydrogen-bond donors (Lipinski definition) is 1. The van der Waals surface area contributed by atoms with Gasteiger partial charge in [0.2, 0.25) is 0 Å². The van der Waals surface area contributed by atoms with Gasteiger partial charge in [0, 0.05) is 13.1 Å². The molecule has 0 aliphatic carbocycles. The molecule has 1 fully saturated rings. The second-order valence-electron chi connectivity index (χ2n) is 5.17. The van der Waals surface area contributed by atoms with E-state index >= 15 is 0 Å². The summed E-state index contributed by atoms with van der Waals surface area (Å²) in [5.41, 5.74) is -0.669. The molecule has 1 saturated heterocycles. The Morgan fingerprint density at radius 3 is 2.89 bits per heavy atom. The van der Waals surface area contributed by atoms with Gasteiger partial charge in [-0.2, -0.15) is 0 Å². The van der Waals surface area contributed by atoms with E-state index in [0.29, 0.717) is 26.1 Å². The third-order valence-electron chi connectivity index (χ3n) is 3.57. The van der Waals surface area contributed by atoms with Gasteiger partial charge >= 0.3 is 5.97 Å². The van der Waals surface area contributed by atoms with Gasteiger partial charge in [0.05, 0.1) is 5.41 Å². The summed E-state index contributed by atoms with van der Waals surface area (Å²) in [4.78, 5) is 13.1. The first-order chi connectivity index (χ1) is 9.01. The summed E-state index contributed by atoms with van der Waals surface area (Å²) < 4.78 is 18.7. The normalized spacial score (nSPS) is 23.5. The van der Waals surface area contributed by atoms with Crippen molar-refractivity contribution in [1.29, 1.82) is 0 Å². The van der Waals surface area contributed by atoms with Crippen molar-refractivity contribution in [3.05, 3.63) is 30.1 Å². The quantitative estimate of drug-likeness (QED) is 0.886. The van der Waals surface area contributed by atoms with Gasteiger partial charge in [-0.05, 0) is 32.0 Å². The van der Waals surface area contributed by atoms with Crippen molar-refractivity contribution < 1.29 is 19.0 Å². The van der Waals surface area contributed by atoms with Gasteiger partial charge in [-0.25, -0.2) is 4.39 Å². The average molecular weight is 267 g/mol. The minimum atomic E-state index is -0.759. The molecule has 1 N–H and O–H groups in total. The first-order valence-corrected chi connectivity index (χ1v) is 6.34. The van der Waals surface area contributed by atoms with Crippen LogP contribution >= 0.6 is 0 Å². The van der Waals surface area contributed by atoms with E-state index in [9.17, 15) is 9.18 Å². The van der Waals surface area contributed by atoms with Crippen molar-refractivity contribution in [3.63, 3.8) is 0 Å². The molecule has 1 unspecified atom stereocenters. The second kappa shape index (κ2) is 5.57. The van der Waals surface area contributed by atoms with E-state index in [2.05, 4.69) is 0 Å². The molecule has 4 nitrogen and oxygen atoms in total. The van der Waals surface area contributed by atoms with Gasteiger partial charge in [-0.15, -0.1) is 0 Å². The molecule has 5 heteroatoms. The van der Waals surface area contributed by atoms with E-state index in [0.717, 1.165) is 6.54 Å². The third-order valence-corrected chi connectivity index (χ3v) is 3.57. The summed E-state index contributed by atoms with van der Waals surface area (Å²) in [7, 11) is 0. The maximum absolute atomic E-state index is 13.3. The first-order valence-electron chi connectivity index (χ1n) is 6.34. The van der Waals surface area contributed by atoms with Crippen molar-refractivity contribution in [3.8, 4) is 5.75 Å². The van der Waals surface area contributed by atoms with Crippen LogP contribution in [0.2, 0.25) is 0 Å². The number of benzene rings is 1. The van der Waals surface area contributed by atoms with Crippen molar-refractivity contribution in [1.82, 2.24) is 4.90 Å². The third kappa shape index (κ3) is 3.23. The molecule has 2 rings (SSSR count). The number of aliphatic carboxylic acids is 1. The largest absolute Gasteiger partial charge is 0.489 e. The molecule has 1 aliphatic heterocycles. The molecular weight excluding hydrogens is 249 g/mol. The lowest BCUT2D eigenvalue weighted by Crippen LogP contribution is -2.33. The number of ether oxygens (including phenoxy) is 1. The maximum Gasteiger partial charge on any atom is 0.310 e. The minimum Gasteiger partial charge on any atom is -0.489 e. The zero-order valence-corrected chi connectivity index (χ0v) is 10.9. The zero-order chi connectivity index (χ0) is 13.9. The highest BCUT2D eigenvalue weighted by Crippen LogP contribution is 2.29. The lowest BCUT2D eigenvalue weighted by atomic mass is 9.90. The highest BCUT2D eigenvalue weighted by atomic mass is 19.1. The first kappa shape index (κ1) is 13.8. The van der Waals surface area contributed by atoms with Crippen LogP contribution in [0.25, 0.3) is 0 Å². The van der Waals surface area contributed by atoms with Gasteiger partial charge in [0.1, 0.15) is 6.61 Å². The predicted molar refractivity (Wildman–Crippen MR) is 68.7 cm³/mol. The molecule has 1 aromatic rings. The van der Waals surface area contributed by atoms with Crippen LogP contribution in [0.3, 0.4) is 0 Å². The van der Waals surface area contributed by atoms with E-state index in [1.54, 1.807) is 25.1 Å². The summed E-state index contributed by atoms with van der Waals surface area (Å²) in [6, 6.07) is 6.27. The molecule has 1 aromatic carbocycles. The Balaban J connectivity index is 1.79.